The van der Waals surface area contributed by atoms with Gasteiger partial charge in [0.2, 0.25) is 11.9 Å². The Labute approximate surface area is 205 Å². The minimum Gasteiger partial charge on any atom is -0.494 e. The number of carbonyl (C=O) groups is 1. The van der Waals surface area contributed by atoms with Gasteiger partial charge in [-0.1, -0.05) is 27.4 Å². The second kappa shape index (κ2) is 14.6. The van der Waals surface area contributed by atoms with Crippen LogP contribution in [0.15, 0.2) is 48.0 Å². The van der Waals surface area contributed by atoms with Gasteiger partial charge < -0.3 is 20.1 Å². The third-order valence-electron chi connectivity index (χ3n) is 6.31. The number of piperidine rings is 1. The summed E-state index contributed by atoms with van der Waals surface area (Å²) in [5.41, 5.74) is 2.71. The molecule has 7 nitrogen and oxygen atoms in total. The van der Waals surface area contributed by atoms with Crippen molar-refractivity contribution in [1.29, 1.82) is 0 Å². The van der Waals surface area contributed by atoms with E-state index in [1.54, 1.807) is 6.08 Å². The zero-order valence-electron chi connectivity index (χ0n) is 21.3. The Bertz CT molecular complexity index is 838. The van der Waals surface area contributed by atoms with E-state index in [2.05, 4.69) is 40.6 Å². The van der Waals surface area contributed by atoms with Crippen molar-refractivity contribution >= 4 is 11.9 Å². The van der Waals surface area contributed by atoms with Gasteiger partial charge in [-0.2, -0.15) is 0 Å². The van der Waals surface area contributed by atoms with E-state index in [0.717, 1.165) is 50.3 Å². The number of allylic oxidation sites excluding steroid dienone is 3. The Morgan fingerprint density at radius 2 is 2.00 bits per heavy atom. The third-order valence-corrected chi connectivity index (χ3v) is 6.31. The molecule has 0 radical (unpaired) electrons. The van der Waals surface area contributed by atoms with E-state index in [1.165, 1.54) is 5.56 Å². The van der Waals surface area contributed by atoms with Gasteiger partial charge in [-0.25, -0.2) is 9.97 Å². The van der Waals surface area contributed by atoms with Gasteiger partial charge in [0.1, 0.15) is 5.76 Å². The van der Waals surface area contributed by atoms with Crippen LogP contribution in [0.3, 0.4) is 0 Å². The number of rotatable bonds is 13. The van der Waals surface area contributed by atoms with Crippen LogP contribution in [0.5, 0.6) is 0 Å². The third kappa shape index (κ3) is 8.60. The molecule has 1 aromatic rings. The zero-order valence-corrected chi connectivity index (χ0v) is 21.3. The highest BCUT2D eigenvalue weighted by Crippen LogP contribution is 2.25. The minimum atomic E-state index is -0.152. The van der Waals surface area contributed by atoms with E-state index in [0.29, 0.717) is 36.2 Å². The number of aromatic nitrogens is 2. The maximum atomic E-state index is 12.2. The van der Waals surface area contributed by atoms with Crippen LogP contribution < -0.4 is 10.2 Å². The normalized spacial score (nSPS) is 15.8. The van der Waals surface area contributed by atoms with Crippen LogP contribution in [-0.2, 0) is 9.53 Å². The molecule has 2 rings (SSSR count). The number of nitrogens with zero attached hydrogens (tertiary/aromatic N) is 3. The highest BCUT2D eigenvalue weighted by molar-refractivity contribution is 5.94. The fourth-order valence-electron chi connectivity index (χ4n) is 4.13. The van der Waals surface area contributed by atoms with Crippen LogP contribution in [-0.4, -0.2) is 53.8 Å². The van der Waals surface area contributed by atoms with E-state index in [9.17, 15) is 4.79 Å². The van der Waals surface area contributed by atoms with Crippen LogP contribution in [0, 0.1) is 5.92 Å². The topological polar surface area (TPSA) is 87.6 Å². The van der Waals surface area contributed by atoms with E-state index < -0.39 is 0 Å². The van der Waals surface area contributed by atoms with E-state index in [1.807, 2.05) is 32.3 Å². The number of aliphatic hydroxyl groups is 1. The number of anilines is 1. The van der Waals surface area contributed by atoms with Gasteiger partial charge in [0, 0.05) is 37.6 Å². The van der Waals surface area contributed by atoms with Crippen molar-refractivity contribution in [3.63, 3.8) is 0 Å². The standard InChI is InChI=1S/C27H42N4O3/c1-6-24(17-21(5)25(7-2)26(33)28-12-15-32)34-16-8-9-22-10-13-31(14-11-22)27-29-18-23(19-30-27)20(3)4/h6,17-20,22,32H,1,7-16H2,2-5H3,(H,28,33)/b24-17+,25-21+. The second-order valence-electron chi connectivity index (χ2n) is 9.14. The van der Waals surface area contributed by atoms with Crippen molar-refractivity contribution in [2.45, 2.75) is 65.7 Å². The number of ether oxygens (including phenoxy) is 1. The van der Waals surface area contributed by atoms with Gasteiger partial charge in [-0.05, 0) is 74.2 Å². The summed E-state index contributed by atoms with van der Waals surface area (Å²) >= 11 is 0. The molecule has 2 heterocycles. The predicted octanol–water partition coefficient (Wildman–Crippen LogP) is 4.52. The summed E-state index contributed by atoms with van der Waals surface area (Å²) in [6.07, 6.45) is 12.5. The molecule has 0 aliphatic carbocycles. The summed E-state index contributed by atoms with van der Waals surface area (Å²) < 4.78 is 5.94. The molecule has 0 spiro atoms. The largest absolute Gasteiger partial charge is 0.494 e. The Morgan fingerprint density at radius 3 is 2.56 bits per heavy atom. The molecule has 0 saturated carbocycles. The molecule has 1 fully saturated rings. The van der Waals surface area contributed by atoms with Crippen LogP contribution in [0.1, 0.15) is 71.3 Å². The van der Waals surface area contributed by atoms with E-state index in [4.69, 9.17) is 9.84 Å². The molecule has 1 aliphatic rings. The number of nitrogens with one attached hydrogen (secondary N) is 1. The summed E-state index contributed by atoms with van der Waals surface area (Å²) in [4.78, 5) is 23.7. The van der Waals surface area contributed by atoms with Gasteiger partial charge in [-0.3, -0.25) is 4.79 Å². The van der Waals surface area contributed by atoms with Gasteiger partial charge >= 0.3 is 0 Å². The lowest BCUT2D eigenvalue weighted by atomic mass is 9.92. The number of amides is 1. The summed E-state index contributed by atoms with van der Waals surface area (Å²) in [5.74, 6) is 2.50. The molecular weight excluding hydrogens is 428 g/mol. The van der Waals surface area contributed by atoms with Crippen LogP contribution >= 0.6 is 0 Å². The molecule has 1 saturated heterocycles. The first kappa shape index (κ1) is 27.6. The lowest BCUT2D eigenvalue weighted by Gasteiger charge is -2.32. The maximum absolute atomic E-state index is 12.2. The molecule has 0 unspecified atom stereocenters. The molecule has 0 atom stereocenters. The summed E-state index contributed by atoms with van der Waals surface area (Å²) in [6, 6.07) is 0. The Morgan fingerprint density at radius 1 is 1.32 bits per heavy atom. The quantitative estimate of drug-likeness (QED) is 0.191. The molecule has 0 bridgehead atoms. The fraction of sp³-hybridized carbons (Fsp3) is 0.593. The van der Waals surface area contributed by atoms with Gasteiger partial charge in [0.25, 0.3) is 0 Å². The molecule has 2 N–H and O–H groups in total. The van der Waals surface area contributed by atoms with Gasteiger partial charge in [-0.15, -0.1) is 0 Å². The molecule has 7 heteroatoms. The average molecular weight is 471 g/mol. The fourth-order valence-corrected chi connectivity index (χ4v) is 4.13. The lowest BCUT2D eigenvalue weighted by Crippen LogP contribution is -2.34. The van der Waals surface area contributed by atoms with Crippen molar-refractivity contribution in [2.24, 2.45) is 5.92 Å². The first-order valence-corrected chi connectivity index (χ1v) is 12.5. The summed E-state index contributed by atoms with van der Waals surface area (Å²) in [5, 5.41) is 11.6. The monoisotopic (exact) mass is 470 g/mol. The van der Waals surface area contributed by atoms with Gasteiger partial charge in [0.05, 0.1) is 13.2 Å². The molecule has 188 valence electrons. The Balaban J connectivity index is 1.77. The van der Waals surface area contributed by atoms with Crippen molar-refractivity contribution in [3.05, 3.63) is 53.6 Å². The SMILES string of the molecule is C=C/C(=C\C(C)=C(/CC)C(=O)NCCO)OCCCC1CCN(c2ncc(C(C)C)cn2)CC1. The first-order chi connectivity index (χ1) is 16.4. The van der Waals surface area contributed by atoms with Crippen LogP contribution in [0.4, 0.5) is 5.95 Å². The zero-order chi connectivity index (χ0) is 24.9. The Kier molecular flexibility index (Phi) is 11.8. The highest BCUT2D eigenvalue weighted by Gasteiger charge is 2.21. The van der Waals surface area contributed by atoms with Crippen molar-refractivity contribution in [2.75, 3.05) is 37.7 Å². The molecule has 1 aromatic heterocycles. The molecule has 1 aliphatic heterocycles. The summed E-state index contributed by atoms with van der Waals surface area (Å²) in [6.45, 7) is 14.8. The molecule has 1 amide bonds. The van der Waals surface area contributed by atoms with Crippen molar-refractivity contribution in [1.82, 2.24) is 15.3 Å². The van der Waals surface area contributed by atoms with Gasteiger partial charge in [0.15, 0.2) is 0 Å². The average Bonchev–Trinajstić information content (AvgIpc) is 2.85. The van der Waals surface area contributed by atoms with E-state index >= 15 is 0 Å². The molecular formula is C27H42N4O3. The van der Waals surface area contributed by atoms with Crippen LogP contribution in [0.25, 0.3) is 0 Å². The summed E-state index contributed by atoms with van der Waals surface area (Å²) in [7, 11) is 0. The minimum absolute atomic E-state index is 0.0726. The van der Waals surface area contributed by atoms with E-state index in [-0.39, 0.29) is 19.1 Å². The number of carbonyl (C=O) groups excluding carboxylic acids is 1. The number of aliphatic hydroxyl groups excluding tert-OH is 1. The maximum Gasteiger partial charge on any atom is 0.247 e. The number of hydrogen-bond acceptors (Lipinski definition) is 6. The molecule has 0 aromatic carbocycles. The lowest BCUT2D eigenvalue weighted by molar-refractivity contribution is -0.117. The smallest absolute Gasteiger partial charge is 0.247 e. The Hall–Kier alpha value is -2.67. The highest BCUT2D eigenvalue weighted by atomic mass is 16.5. The predicted molar refractivity (Wildman–Crippen MR) is 138 cm³/mol. The molecule has 34 heavy (non-hydrogen) atoms. The van der Waals surface area contributed by atoms with Crippen LogP contribution in [0.2, 0.25) is 0 Å². The van der Waals surface area contributed by atoms with Crippen molar-refractivity contribution < 1.29 is 14.6 Å². The first-order valence-electron chi connectivity index (χ1n) is 12.5. The second-order valence-corrected chi connectivity index (χ2v) is 9.14. The number of hydrogen-bond donors (Lipinski definition) is 2. The van der Waals surface area contributed by atoms with Crippen molar-refractivity contribution in [3.8, 4) is 0 Å².